The van der Waals surface area contributed by atoms with Crippen LogP contribution in [0.4, 0.5) is 5.69 Å². The quantitative estimate of drug-likeness (QED) is 0.411. The Morgan fingerprint density at radius 2 is 1.86 bits per heavy atom. The zero-order valence-corrected chi connectivity index (χ0v) is 14.4. The number of anilines is 1. The van der Waals surface area contributed by atoms with Crippen molar-refractivity contribution in [2.45, 2.75) is 38.1 Å². The van der Waals surface area contributed by atoms with Crippen LogP contribution in [0.3, 0.4) is 0 Å². The Bertz CT molecular complexity index is 458. The summed E-state index contributed by atoms with van der Waals surface area (Å²) in [7, 11) is 0. The summed E-state index contributed by atoms with van der Waals surface area (Å²) in [4.78, 5) is 15.8. The average molecular weight is 402 g/mol. The second-order valence-corrected chi connectivity index (χ2v) is 5.09. The molecule has 0 spiro atoms. The van der Waals surface area contributed by atoms with E-state index in [1.807, 2.05) is 30.3 Å². The number of rotatable bonds is 4. The van der Waals surface area contributed by atoms with Gasteiger partial charge in [0.25, 0.3) is 0 Å². The predicted molar refractivity (Wildman–Crippen MR) is 97.0 cm³/mol. The zero-order chi connectivity index (χ0) is 14.2. The molecule has 0 aliphatic heterocycles. The molecule has 2 rings (SSSR count). The van der Waals surface area contributed by atoms with E-state index in [4.69, 9.17) is 5.73 Å². The first-order chi connectivity index (χ1) is 9.74. The van der Waals surface area contributed by atoms with Gasteiger partial charge in [0.2, 0.25) is 5.91 Å². The van der Waals surface area contributed by atoms with Crippen molar-refractivity contribution in [1.82, 2.24) is 5.32 Å². The Hall–Kier alpha value is -1.31. The topological polar surface area (TPSA) is 79.5 Å². The molecule has 1 saturated carbocycles. The van der Waals surface area contributed by atoms with Crippen molar-refractivity contribution in [2.75, 3.05) is 11.9 Å². The van der Waals surface area contributed by atoms with Crippen LogP contribution < -0.4 is 16.4 Å². The second kappa shape index (κ2) is 9.59. The van der Waals surface area contributed by atoms with Gasteiger partial charge in [0.15, 0.2) is 5.96 Å². The number of carbonyl (C=O) groups is 1. The van der Waals surface area contributed by atoms with Gasteiger partial charge in [-0.2, -0.15) is 0 Å². The van der Waals surface area contributed by atoms with Crippen molar-refractivity contribution in [2.24, 2.45) is 10.7 Å². The van der Waals surface area contributed by atoms with Gasteiger partial charge in [0.1, 0.15) is 6.54 Å². The Morgan fingerprint density at radius 1 is 1.19 bits per heavy atom. The number of benzene rings is 1. The number of nitrogens with one attached hydrogen (secondary N) is 2. The molecule has 0 radical (unpaired) electrons. The molecule has 0 saturated heterocycles. The van der Waals surface area contributed by atoms with E-state index in [1.54, 1.807) is 0 Å². The highest BCUT2D eigenvalue weighted by atomic mass is 127. The number of hydrogen-bond donors (Lipinski definition) is 3. The largest absolute Gasteiger partial charge is 0.370 e. The van der Waals surface area contributed by atoms with Gasteiger partial charge in [-0.1, -0.05) is 37.5 Å². The van der Waals surface area contributed by atoms with Crippen LogP contribution in [0.1, 0.15) is 32.1 Å². The van der Waals surface area contributed by atoms with E-state index >= 15 is 0 Å². The SMILES string of the molecule is I.NC(=NCC(=O)NC1CCCCC1)Nc1ccccc1. The van der Waals surface area contributed by atoms with Crippen molar-refractivity contribution in [3.8, 4) is 0 Å². The lowest BCUT2D eigenvalue weighted by Crippen LogP contribution is -2.38. The monoisotopic (exact) mass is 402 g/mol. The molecular weight excluding hydrogens is 379 g/mol. The van der Waals surface area contributed by atoms with E-state index in [-0.39, 0.29) is 42.4 Å². The van der Waals surface area contributed by atoms with Crippen LogP contribution in [0.15, 0.2) is 35.3 Å². The zero-order valence-electron chi connectivity index (χ0n) is 12.0. The summed E-state index contributed by atoms with van der Waals surface area (Å²) >= 11 is 0. The molecule has 1 aliphatic carbocycles. The number of aliphatic imine (C=N–C) groups is 1. The van der Waals surface area contributed by atoms with Crippen LogP contribution in [0.2, 0.25) is 0 Å². The van der Waals surface area contributed by atoms with Gasteiger partial charge < -0.3 is 16.4 Å². The lowest BCUT2D eigenvalue weighted by molar-refractivity contribution is -0.120. The number of carbonyl (C=O) groups excluding carboxylic acids is 1. The summed E-state index contributed by atoms with van der Waals surface area (Å²) < 4.78 is 0. The molecule has 0 unspecified atom stereocenters. The van der Waals surface area contributed by atoms with Crippen LogP contribution in [0.25, 0.3) is 0 Å². The number of para-hydroxylation sites is 1. The highest BCUT2D eigenvalue weighted by Crippen LogP contribution is 2.17. The van der Waals surface area contributed by atoms with Gasteiger partial charge >= 0.3 is 0 Å². The van der Waals surface area contributed by atoms with Gasteiger partial charge in [-0.15, -0.1) is 24.0 Å². The van der Waals surface area contributed by atoms with Gasteiger partial charge in [-0.05, 0) is 25.0 Å². The number of halogens is 1. The van der Waals surface area contributed by atoms with E-state index in [1.165, 1.54) is 19.3 Å². The molecule has 1 fully saturated rings. The molecule has 1 aliphatic rings. The molecule has 21 heavy (non-hydrogen) atoms. The van der Waals surface area contributed by atoms with Crippen LogP contribution in [0.5, 0.6) is 0 Å². The molecule has 5 nitrogen and oxygen atoms in total. The molecule has 0 aromatic heterocycles. The normalized spacial score (nSPS) is 15.9. The van der Waals surface area contributed by atoms with Crippen molar-refractivity contribution in [3.63, 3.8) is 0 Å². The maximum absolute atomic E-state index is 11.8. The summed E-state index contributed by atoms with van der Waals surface area (Å²) in [6.45, 7) is 0.0716. The number of hydrogen-bond acceptors (Lipinski definition) is 2. The van der Waals surface area contributed by atoms with E-state index in [0.717, 1.165) is 18.5 Å². The number of guanidine groups is 1. The molecule has 6 heteroatoms. The lowest BCUT2D eigenvalue weighted by Gasteiger charge is -2.22. The van der Waals surface area contributed by atoms with E-state index < -0.39 is 0 Å². The van der Waals surface area contributed by atoms with Gasteiger partial charge in [0.05, 0.1) is 0 Å². The molecule has 116 valence electrons. The highest BCUT2D eigenvalue weighted by Gasteiger charge is 2.15. The molecule has 0 bridgehead atoms. The first-order valence-electron chi connectivity index (χ1n) is 7.15. The average Bonchev–Trinajstić information content (AvgIpc) is 2.47. The standard InChI is InChI=1S/C15H22N4O.HI/c16-15(19-13-9-5-2-6-10-13)17-11-14(20)18-12-7-3-1-4-8-12;/h2,5-6,9-10,12H,1,3-4,7-8,11H2,(H,18,20)(H3,16,17,19);1H. The van der Waals surface area contributed by atoms with E-state index in [0.29, 0.717) is 6.04 Å². The molecule has 4 N–H and O–H groups in total. The molecule has 0 heterocycles. The first-order valence-corrected chi connectivity index (χ1v) is 7.15. The molecule has 1 aromatic rings. The number of nitrogens with zero attached hydrogens (tertiary/aromatic N) is 1. The molecule has 1 aromatic carbocycles. The lowest BCUT2D eigenvalue weighted by atomic mass is 9.95. The fourth-order valence-corrected chi connectivity index (χ4v) is 2.39. The summed E-state index contributed by atoms with van der Waals surface area (Å²) in [6, 6.07) is 9.84. The van der Waals surface area contributed by atoms with Crippen LogP contribution in [0, 0.1) is 0 Å². The van der Waals surface area contributed by atoms with E-state index in [2.05, 4.69) is 15.6 Å². The summed E-state index contributed by atoms with van der Waals surface area (Å²) in [5.41, 5.74) is 6.61. The third-order valence-electron chi connectivity index (χ3n) is 3.41. The Labute approximate surface area is 142 Å². The smallest absolute Gasteiger partial charge is 0.242 e. The minimum absolute atomic E-state index is 0. The molecule has 1 amide bonds. The van der Waals surface area contributed by atoms with Crippen LogP contribution >= 0.6 is 24.0 Å². The predicted octanol–water partition coefficient (Wildman–Crippen LogP) is 2.48. The van der Waals surface area contributed by atoms with Crippen LogP contribution in [-0.2, 0) is 4.79 Å². The minimum atomic E-state index is -0.0605. The second-order valence-electron chi connectivity index (χ2n) is 5.09. The maximum Gasteiger partial charge on any atom is 0.242 e. The van der Waals surface area contributed by atoms with Gasteiger partial charge in [0, 0.05) is 11.7 Å². The first kappa shape index (κ1) is 17.7. The molecular formula is C15H23IN4O. The minimum Gasteiger partial charge on any atom is -0.370 e. The summed E-state index contributed by atoms with van der Waals surface area (Å²) in [6.07, 6.45) is 5.83. The van der Waals surface area contributed by atoms with Crippen molar-refractivity contribution >= 4 is 41.5 Å². The highest BCUT2D eigenvalue weighted by molar-refractivity contribution is 14.0. The summed E-state index contributed by atoms with van der Waals surface area (Å²) in [5.74, 6) is 0.199. The number of amides is 1. The molecule has 0 atom stereocenters. The third-order valence-corrected chi connectivity index (χ3v) is 3.41. The van der Waals surface area contributed by atoms with Gasteiger partial charge in [-0.25, -0.2) is 4.99 Å². The fourth-order valence-electron chi connectivity index (χ4n) is 2.39. The Kier molecular flexibility index (Phi) is 8.11. The third kappa shape index (κ3) is 6.79. The maximum atomic E-state index is 11.8. The van der Waals surface area contributed by atoms with Crippen LogP contribution in [-0.4, -0.2) is 24.5 Å². The summed E-state index contributed by atoms with van der Waals surface area (Å²) in [5, 5.41) is 5.96. The Morgan fingerprint density at radius 3 is 2.52 bits per heavy atom. The van der Waals surface area contributed by atoms with Gasteiger partial charge in [-0.3, -0.25) is 4.79 Å². The van der Waals surface area contributed by atoms with Crippen molar-refractivity contribution < 1.29 is 4.79 Å². The van der Waals surface area contributed by atoms with Crippen molar-refractivity contribution in [1.29, 1.82) is 0 Å². The Balaban J connectivity index is 0.00000220. The number of nitrogens with two attached hydrogens (primary N) is 1. The fraction of sp³-hybridized carbons (Fsp3) is 0.467. The van der Waals surface area contributed by atoms with Crippen molar-refractivity contribution in [3.05, 3.63) is 30.3 Å². The van der Waals surface area contributed by atoms with E-state index in [9.17, 15) is 4.79 Å².